The third kappa shape index (κ3) is 4.37. The molecule has 144 valence electrons. The molecule has 28 heavy (non-hydrogen) atoms. The third-order valence-electron chi connectivity index (χ3n) is 3.92. The zero-order chi connectivity index (χ0) is 20.3. The summed E-state index contributed by atoms with van der Waals surface area (Å²) in [5.74, 6) is -1.64. The highest BCUT2D eigenvalue weighted by Crippen LogP contribution is 2.24. The van der Waals surface area contributed by atoms with Crippen LogP contribution in [0.5, 0.6) is 0 Å². The molecule has 1 aromatic heterocycles. The average molecular weight is 402 g/mol. The fourth-order valence-electron chi connectivity index (χ4n) is 2.61. The molecule has 6 nitrogen and oxygen atoms in total. The number of carbonyl (C=O) groups is 2. The second kappa shape index (κ2) is 8.22. The molecule has 0 atom stereocenters. The maximum atomic E-state index is 13.1. The molecule has 0 saturated carbocycles. The van der Waals surface area contributed by atoms with Gasteiger partial charge >= 0.3 is 5.97 Å². The molecule has 8 heteroatoms. The predicted octanol–water partition coefficient (Wildman–Crippen LogP) is 4.08. The number of nitrogens with one attached hydrogen (secondary N) is 1. The first-order valence-electron chi connectivity index (χ1n) is 8.40. The minimum absolute atomic E-state index is 0.0215. The van der Waals surface area contributed by atoms with Gasteiger partial charge in [-0.25, -0.2) is 13.9 Å². The van der Waals surface area contributed by atoms with E-state index in [4.69, 9.17) is 16.3 Å². The lowest BCUT2D eigenvalue weighted by Crippen LogP contribution is -2.21. The zero-order valence-electron chi connectivity index (χ0n) is 15.2. The van der Waals surface area contributed by atoms with E-state index in [2.05, 4.69) is 10.4 Å². The number of ether oxygens (including phenoxy) is 1. The Morgan fingerprint density at radius 2 is 1.89 bits per heavy atom. The van der Waals surface area contributed by atoms with Crippen LogP contribution < -0.4 is 5.32 Å². The molecule has 1 N–H and O–H groups in total. The van der Waals surface area contributed by atoms with Crippen LogP contribution in [0.3, 0.4) is 0 Å². The van der Waals surface area contributed by atoms with Crippen LogP contribution in [0.2, 0.25) is 5.15 Å². The van der Waals surface area contributed by atoms with E-state index in [0.717, 1.165) is 5.56 Å². The molecule has 0 saturated heterocycles. The van der Waals surface area contributed by atoms with Gasteiger partial charge in [-0.1, -0.05) is 23.7 Å². The summed E-state index contributed by atoms with van der Waals surface area (Å²) >= 11 is 6.27. The highest BCUT2D eigenvalue weighted by atomic mass is 35.5. The molecular formula is C20H17ClFN3O3. The van der Waals surface area contributed by atoms with Crippen LogP contribution in [0.15, 0.2) is 48.5 Å². The molecule has 0 bridgehead atoms. The van der Waals surface area contributed by atoms with E-state index < -0.39 is 24.3 Å². The van der Waals surface area contributed by atoms with Gasteiger partial charge in [0.05, 0.1) is 11.4 Å². The van der Waals surface area contributed by atoms with Gasteiger partial charge in [-0.3, -0.25) is 4.79 Å². The van der Waals surface area contributed by atoms with E-state index in [9.17, 15) is 14.0 Å². The molecule has 3 rings (SSSR count). The Labute approximate surface area is 165 Å². The molecule has 0 aliphatic rings. The summed E-state index contributed by atoms with van der Waals surface area (Å²) < 4.78 is 19.5. The minimum atomic E-state index is -0.768. The fourth-order valence-corrected chi connectivity index (χ4v) is 2.96. The monoisotopic (exact) mass is 401 g/mol. The quantitative estimate of drug-likeness (QED) is 0.654. The van der Waals surface area contributed by atoms with Crippen molar-refractivity contribution >= 4 is 29.2 Å². The van der Waals surface area contributed by atoms with Gasteiger partial charge in [-0.05, 0) is 55.8 Å². The molecule has 0 aliphatic carbocycles. The van der Waals surface area contributed by atoms with Crippen molar-refractivity contribution in [2.24, 2.45) is 0 Å². The van der Waals surface area contributed by atoms with E-state index >= 15 is 0 Å². The molecule has 1 heterocycles. The highest BCUT2D eigenvalue weighted by Gasteiger charge is 2.23. The second-order valence-electron chi connectivity index (χ2n) is 6.13. The van der Waals surface area contributed by atoms with Crippen LogP contribution in [0.4, 0.5) is 10.1 Å². The van der Waals surface area contributed by atoms with Gasteiger partial charge < -0.3 is 10.1 Å². The lowest BCUT2D eigenvalue weighted by Gasteiger charge is -2.07. The summed E-state index contributed by atoms with van der Waals surface area (Å²) in [6, 6.07) is 12.7. The van der Waals surface area contributed by atoms with E-state index in [1.807, 2.05) is 19.1 Å². The van der Waals surface area contributed by atoms with E-state index in [1.165, 1.54) is 28.9 Å². The van der Waals surface area contributed by atoms with Gasteiger partial charge in [0.15, 0.2) is 6.61 Å². The Bertz CT molecular complexity index is 1030. The second-order valence-corrected chi connectivity index (χ2v) is 6.49. The maximum absolute atomic E-state index is 13.1. The third-order valence-corrected chi connectivity index (χ3v) is 4.26. The number of anilines is 1. The van der Waals surface area contributed by atoms with Gasteiger partial charge in [0.1, 0.15) is 16.5 Å². The number of aromatic nitrogens is 2. The van der Waals surface area contributed by atoms with Gasteiger partial charge in [-0.2, -0.15) is 5.10 Å². The van der Waals surface area contributed by atoms with Crippen molar-refractivity contribution in [2.75, 3.05) is 11.9 Å². The summed E-state index contributed by atoms with van der Waals surface area (Å²) in [5, 5.41) is 6.87. The van der Waals surface area contributed by atoms with Gasteiger partial charge in [0.25, 0.3) is 5.91 Å². The largest absolute Gasteiger partial charge is 0.452 e. The molecule has 0 fully saturated rings. The van der Waals surface area contributed by atoms with Crippen molar-refractivity contribution in [3.8, 4) is 5.69 Å². The number of hydrogen-bond acceptors (Lipinski definition) is 4. The Kier molecular flexibility index (Phi) is 5.75. The first-order chi connectivity index (χ1) is 13.3. The topological polar surface area (TPSA) is 73.2 Å². The number of carbonyl (C=O) groups excluding carboxylic acids is 2. The van der Waals surface area contributed by atoms with Crippen LogP contribution in [-0.4, -0.2) is 28.3 Å². The Hall–Kier alpha value is -3.19. The van der Waals surface area contributed by atoms with Crippen molar-refractivity contribution in [3.05, 3.63) is 76.3 Å². The van der Waals surface area contributed by atoms with Crippen LogP contribution >= 0.6 is 11.6 Å². The number of aryl methyl sites for hydroxylation is 2. The molecule has 1 amide bonds. The number of benzene rings is 2. The van der Waals surface area contributed by atoms with Gasteiger partial charge in [0.2, 0.25) is 0 Å². The molecule has 3 aromatic rings. The summed E-state index contributed by atoms with van der Waals surface area (Å²) in [4.78, 5) is 24.4. The normalized spacial score (nSPS) is 10.6. The van der Waals surface area contributed by atoms with Gasteiger partial charge in [-0.15, -0.1) is 0 Å². The molecular weight excluding hydrogens is 385 g/mol. The number of halogens is 2. The molecule has 0 unspecified atom stereocenters. The first-order valence-corrected chi connectivity index (χ1v) is 8.77. The van der Waals surface area contributed by atoms with Crippen molar-refractivity contribution in [1.82, 2.24) is 9.78 Å². The standard InChI is InChI=1S/C20H17ClFN3O3/c1-12-4-3-5-15(10-12)23-17(26)11-28-20(27)18-13(2)24-25(19(18)21)16-8-6-14(22)7-9-16/h3-10H,11H2,1-2H3,(H,23,26). The smallest absolute Gasteiger partial charge is 0.343 e. The van der Waals surface area contributed by atoms with Crippen LogP contribution in [0.25, 0.3) is 5.69 Å². The van der Waals surface area contributed by atoms with Crippen molar-refractivity contribution in [2.45, 2.75) is 13.8 Å². The van der Waals surface area contributed by atoms with Crippen LogP contribution in [0, 0.1) is 19.7 Å². The van der Waals surface area contributed by atoms with E-state index in [0.29, 0.717) is 17.1 Å². The SMILES string of the molecule is Cc1cccc(NC(=O)COC(=O)c2c(C)nn(-c3ccc(F)cc3)c2Cl)c1. The van der Waals surface area contributed by atoms with Gasteiger partial charge in [0, 0.05) is 5.69 Å². The Morgan fingerprint density at radius 1 is 1.18 bits per heavy atom. The number of rotatable bonds is 5. The van der Waals surface area contributed by atoms with E-state index in [1.54, 1.807) is 19.1 Å². The predicted molar refractivity (Wildman–Crippen MR) is 103 cm³/mol. The Balaban J connectivity index is 1.69. The number of nitrogens with zero attached hydrogens (tertiary/aromatic N) is 2. The number of hydrogen-bond donors (Lipinski definition) is 1. The first kappa shape index (κ1) is 19.6. The number of esters is 1. The van der Waals surface area contributed by atoms with Crippen molar-refractivity contribution in [1.29, 1.82) is 0 Å². The fraction of sp³-hybridized carbons (Fsp3) is 0.150. The van der Waals surface area contributed by atoms with Crippen LogP contribution in [-0.2, 0) is 9.53 Å². The summed E-state index contributed by atoms with van der Waals surface area (Å²) in [6.07, 6.45) is 0. The van der Waals surface area contributed by atoms with E-state index in [-0.39, 0.29) is 10.7 Å². The summed E-state index contributed by atoms with van der Waals surface area (Å²) in [7, 11) is 0. The average Bonchev–Trinajstić information content (AvgIpc) is 2.95. The molecule has 0 radical (unpaired) electrons. The van der Waals surface area contributed by atoms with Crippen molar-refractivity contribution in [3.63, 3.8) is 0 Å². The maximum Gasteiger partial charge on any atom is 0.343 e. The molecule has 0 spiro atoms. The summed E-state index contributed by atoms with van der Waals surface area (Å²) in [5.41, 5.74) is 2.48. The lowest BCUT2D eigenvalue weighted by molar-refractivity contribution is -0.119. The molecule has 0 aliphatic heterocycles. The number of amides is 1. The van der Waals surface area contributed by atoms with Crippen LogP contribution in [0.1, 0.15) is 21.6 Å². The zero-order valence-corrected chi connectivity index (χ0v) is 16.0. The highest BCUT2D eigenvalue weighted by molar-refractivity contribution is 6.33. The Morgan fingerprint density at radius 3 is 2.57 bits per heavy atom. The lowest BCUT2D eigenvalue weighted by atomic mass is 10.2. The van der Waals surface area contributed by atoms with Crippen molar-refractivity contribution < 1.29 is 18.7 Å². The summed E-state index contributed by atoms with van der Waals surface area (Å²) in [6.45, 7) is 3.03. The molecule has 2 aromatic carbocycles. The minimum Gasteiger partial charge on any atom is -0.452 e.